The number of rotatable bonds is 4. The van der Waals surface area contributed by atoms with Gasteiger partial charge in [0, 0.05) is 17.4 Å². The number of pyridine rings is 1. The maximum absolute atomic E-state index is 14.2. The van der Waals surface area contributed by atoms with Crippen molar-refractivity contribution >= 4 is 23.2 Å². The molecule has 0 bridgehead atoms. The van der Waals surface area contributed by atoms with Crippen LogP contribution < -0.4 is 5.32 Å². The van der Waals surface area contributed by atoms with E-state index in [2.05, 4.69) is 20.3 Å². The van der Waals surface area contributed by atoms with E-state index in [0.29, 0.717) is 16.9 Å². The van der Waals surface area contributed by atoms with E-state index < -0.39 is 17.5 Å². The maximum atomic E-state index is 14.2. The third kappa shape index (κ3) is 5.22. The van der Waals surface area contributed by atoms with E-state index >= 15 is 0 Å². The van der Waals surface area contributed by atoms with Crippen molar-refractivity contribution in [2.75, 3.05) is 5.32 Å². The van der Waals surface area contributed by atoms with Crippen LogP contribution in [0.3, 0.4) is 0 Å². The van der Waals surface area contributed by atoms with Gasteiger partial charge in [0.2, 0.25) is 0 Å². The molecule has 2 heterocycles. The summed E-state index contributed by atoms with van der Waals surface area (Å²) in [6.07, 6.45) is 1.39. The number of nitrogens with zero attached hydrogens (tertiary/aromatic N) is 3. The second kappa shape index (κ2) is 10.5. The quantitative estimate of drug-likeness (QED) is 0.374. The van der Waals surface area contributed by atoms with Crippen molar-refractivity contribution in [2.24, 2.45) is 0 Å². The van der Waals surface area contributed by atoms with Crippen molar-refractivity contribution in [3.05, 3.63) is 88.8 Å². The summed E-state index contributed by atoms with van der Waals surface area (Å²) in [6, 6.07) is 14.5. The minimum atomic E-state index is -0.580. The van der Waals surface area contributed by atoms with Gasteiger partial charge in [0.15, 0.2) is 5.69 Å². The van der Waals surface area contributed by atoms with Crippen LogP contribution in [0.25, 0.3) is 22.6 Å². The molecule has 1 amide bonds. The lowest BCUT2D eigenvalue weighted by Gasteiger charge is -2.05. The Balaban J connectivity index is 0.00000149. The zero-order chi connectivity index (χ0) is 24.0. The fraction of sp³-hybridized carbons (Fsp3) is 0.0833. The fourth-order valence-electron chi connectivity index (χ4n) is 2.91. The van der Waals surface area contributed by atoms with Gasteiger partial charge in [0.05, 0.1) is 16.3 Å². The molecule has 2 aromatic heterocycles. The first kappa shape index (κ1) is 23.6. The molecule has 0 spiro atoms. The number of carbonyl (C=O) groups excluding carboxylic acids is 1. The van der Waals surface area contributed by atoms with Crippen LogP contribution in [0.15, 0.2) is 60.8 Å². The summed E-state index contributed by atoms with van der Waals surface area (Å²) in [7, 11) is 0. The van der Waals surface area contributed by atoms with Crippen molar-refractivity contribution in [3.63, 3.8) is 0 Å². The van der Waals surface area contributed by atoms with Crippen molar-refractivity contribution in [1.29, 1.82) is 5.26 Å². The number of carbonyl (C=O) groups is 1. The number of anilines is 1. The molecule has 2 aromatic carbocycles. The predicted molar refractivity (Wildman–Crippen MR) is 123 cm³/mol. The smallest absolute Gasteiger partial charge is 0.274 e. The fourth-order valence-corrected chi connectivity index (χ4v) is 3.16. The lowest BCUT2D eigenvalue weighted by molar-refractivity contribution is 0.102. The van der Waals surface area contributed by atoms with Crippen molar-refractivity contribution in [1.82, 2.24) is 15.0 Å². The highest BCUT2D eigenvalue weighted by Crippen LogP contribution is 2.31. The van der Waals surface area contributed by atoms with Gasteiger partial charge in [0.1, 0.15) is 29.2 Å². The number of imidazole rings is 1. The van der Waals surface area contributed by atoms with E-state index in [1.54, 1.807) is 6.07 Å². The third-order valence-electron chi connectivity index (χ3n) is 4.40. The molecule has 2 N–H and O–H groups in total. The first-order valence-corrected chi connectivity index (χ1v) is 10.3. The Hall–Kier alpha value is -4.09. The molecule has 0 atom stereocenters. The topological polar surface area (TPSA) is 94.5 Å². The lowest BCUT2D eigenvalue weighted by Crippen LogP contribution is -2.13. The van der Waals surface area contributed by atoms with E-state index in [1.807, 2.05) is 19.9 Å². The molecule has 9 heteroatoms. The van der Waals surface area contributed by atoms with Crippen molar-refractivity contribution < 1.29 is 13.6 Å². The Kier molecular flexibility index (Phi) is 7.49. The molecule has 166 valence electrons. The minimum absolute atomic E-state index is 0.0274. The van der Waals surface area contributed by atoms with Crippen LogP contribution in [0.5, 0.6) is 0 Å². The number of aromatic nitrogens is 3. The van der Waals surface area contributed by atoms with E-state index in [4.69, 9.17) is 11.6 Å². The number of nitrogens with one attached hydrogen (secondary N) is 2. The van der Waals surface area contributed by atoms with Crippen LogP contribution in [0.2, 0.25) is 5.02 Å². The number of benzene rings is 2. The van der Waals surface area contributed by atoms with Gasteiger partial charge < -0.3 is 10.3 Å². The second-order valence-corrected chi connectivity index (χ2v) is 6.82. The van der Waals surface area contributed by atoms with Gasteiger partial charge in [-0.3, -0.25) is 9.78 Å². The van der Waals surface area contributed by atoms with Gasteiger partial charge >= 0.3 is 0 Å². The number of nitriles is 1. The number of aromatic amines is 1. The molecule has 0 aliphatic heterocycles. The monoisotopic (exact) mass is 465 g/mol. The summed E-state index contributed by atoms with van der Waals surface area (Å²) in [5.41, 5.74) is 1.40. The van der Waals surface area contributed by atoms with E-state index in [9.17, 15) is 18.8 Å². The summed E-state index contributed by atoms with van der Waals surface area (Å²) < 4.78 is 27.2. The Labute approximate surface area is 193 Å². The maximum Gasteiger partial charge on any atom is 0.274 e. The molecule has 0 unspecified atom stereocenters. The highest BCUT2D eigenvalue weighted by molar-refractivity contribution is 6.33. The number of H-pyrrole nitrogens is 1. The van der Waals surface area contributed by atoms with Crippen LogP contribution in [0.1, 0.15) is 30.0 Å². The number of hydrogen-bond acceptors (Lipinski definition) is 4. The van der Waals surface area contributed by atoms with Crippen LogP contribution in [0, 0.1) is 23.0 Å². The Morgan fingerprint density at radius 3 is 2.42 bits per heavy atom. The van der Waals surface area contributed by atoms with Crippen molar-refractivity contribution in [2.45, 2.75) is 13.8 Å². The zero-order valence-electron chi connectivity index (χ0n) is 17.7. The summed E-state index contributed by atoms with van der Waals surface area (Å²) in [5, 5.41) is 12.2. The molecule has 0 aliphatic rings. The van der Waals surface area contributed by atoms with Gasteiger partial charge in [-0.2, -0.15) is 5.26 Å². The van der Waals surface area contributed by atoms with E-state index in [0.717, 1.165) is 0 Å². The van der Waals surface area contributed by atoms with Gasteiger partial charge in [-0.05, 0) is 48.5 Å². The SMILES string of the molecule is CC.N#Cc1nc(-c2c(F)cccc2Cl)[nH]c1-c1ccc(C(=O)Nc2ccc(F)cc2)nc1. The Bertz CT molecular complexity index is 1290. The highest BCUT2D eigenvalue weighted by Gasteiger charge is 2.18. The molecule has 4 aromatic rings. The number of amides is 1. The molecule has 0 radical (unpaired) electrons. The van der Waals surface area contributed by atoms with Crippen LogP contribution in [0.4, 0.5) is 14.5 Å². The van der Waals surface area contributed by atoms with Crippen molar-refractivity contribution in [3.8, 4) is 28.7 Å². The standard InChI is InChI=1S/C22H12ClF2N5O.C2H6/c23-15-2-1-3-16(25)19(15)21-29-18(10-26)20(30-21)12-4-9-17(27-11-12)22(31)28-14-7-5-13(24)6-8-14;1-2/h1-9,11H,(H,28,31)(H,29,30);1-2H3. The minimum Gasteiger partial charge on any atom is -0.337 e. The Morgan fingerprint density at radius 2 is 1.82 bits per heavy atom. The van der Waals surface area contributed by atoms with E-state index in [-0.39, 0.29) is 27.8 Å². The molecule has 6 nitrogen and oxygen atoms in total. The summed E-state index contributed by atoms with van der Waals surface area (Å²) in [6.45, 7) is 4.00. The second-order valence-electron chi connectivity index (χ2n) is 6.41. The summed E-state index contributed by atoms with van der Waals surface area (Å²) >= 11 is 6.09. The highest BCUT2D eigenvalue weighted by atomic mass is 35.5. The van der Waals surface area contributed by atoms with Gasteiger partial charge in [-0.25, -0.2) is 13.8 Å². The van der Waals surface area contributed by atoms with Crippen LogP contribution >= 0.6 is 11.6 Å². The molecular formula is C24H18ClF2N5O. The molecule has 0 fully saturated rings. The largest absolute Gasteiger partial charge is 0.337 e. The van der Waals surface area contributed by atoms with E-state index in [1.165, 1.54) is 54.7 Å². The molecule has 33 heavy (non-hydrogen) atoms. The van der Waals surface area contributed by atoms with Gasteiger partial charge in [-0.15, -0.1) is 0 Å². The molecule has 0 saturated heterocycles. The molecule has 4 rings (SSSR count). The van der Waals surface area contributed by atoms with Gasteiger partial charge in [0.25, 0.3) is 5.91 Å². The summed E-state index contributed by atoms with van der Waals surface area (Å²) in [4.78, 5) is 23.5. The lowest BCUT2D eigenvalue weighted by atomic mass is 10.1. The molecular weight excluding hydrogens is 448 g/mol. The number of halogens is 3. The van der Waals surface area contributed by atoms with Crippen LogP contribution in [-0.2, 0) is 0 Å². The Morgan fingerprint density at radius 1 is 1.09 bits per heavy atom. The normalized spacial score (nSPS) is 10.1. The molecule has 0 saturated carbocycles. The molecule has 0 aliphatic carbocycles. The number of hydrogen-bond donors (Lipinski definition) is 2. The average molecular weight is 466 g/mol. The summed E-state index contributed by atoms with van der Waals surface area (Å²) in [5.74, 6) is -1.37. The predicted octanol–water partition coefficient (Wildman–Crippen LogP) is 6.22. The third-order valence-corrected chi connectivity index (χ3v) is 4.71. The first-order chi connectivity index (χ1) is 16.0. The average Bonchev–Trinajstić information content (AvgIpc) is 3.26. The van der Waals surface area contributed by atoms with Gasteiger partial charge in [-0.1, -0.05) is 31.5 Å². The zero-order valence-corrected chi connectivity index (χ0v) is 18.4. The first-order valence-electron chi connectivity index (χ1n) is 9.94. The van der Waals surface area contributed by atoms with Crippen LogP contribution in [-0.4, -0.2) is 20.9 Å².